The van der Waals surface area contributed by atoms with Crippen LogP contribution >= 0.6 is 39.1 Å². The zero-order valence-electron chi connectivity index (χ0n) is 10.4. The second-order valence-corrected chi connectivity index (χ2v) is 5.73. The number of alkyl halides is 1. The summed E-state index contributed by atoms with van der Waals surface area (Å²) in [7, 11) is 0. The molecule has 1 rings (SSSR count). The molecule has 0 spiro atoms. The fourth-order valence-electron chi connectivity index (χ4n) is 1.60. The summed E-state index contributed by atoms with van der Waals surface area (Å²) in [6.45, 7) is 4.04. The van der Waals surface area contributed by atoms with Gasteiger partial charge >= 0.3 is 0 Å². The number of hydrogen-bond acceptors (Lipinski definition) is 1. The number of halogens is 3. The van der Waals surface area contributed by atoms with E-state index >= 15 is 0 Å². The zero-order chi connectivity index (χ0) is 13.8. The topological polar surface area (TPSA) is 29.1 Å². The van der Waals surface area contributed by atoms with Gasteiger partial charge < -0.3 is 5.32 Å². The Morgan fingerprint density at radius 1 is 1.39 bits per heavy atom. The van der Waals surface area contributed by atoms with Gasteiger partial charge in [0.25, 0.3) is 5.91 Å². The Morgan fingerprint density at radius 2 is 2.00 bits per heavy atom. The minimum Gasteiger partial charge on any atom is -0.345 e. The Bertz CT molecular complexity index is 425. The number of carbonyl (C=O) groups is 1. The van der Waals surface area contributed by atoms with Gasteiger partial charge in [0, 0.05) is 15.9 Å². The average molecular weight is 353 g/mol. The quantitative estimate of drug-likeness (QED) is 0.769. The molecule has 2 nitrogen and oxygen atoms in total. The molecule has 0 saturated carbocycles. The number of nitrogens with one attached hydrogen (secondary N) is 1. The Hall–Kier alpha value is -0.250. The Labute approximate surface area is 126 Å². The van der Waals surface area contributed by atoms with Crippen LogP contribution in [-0.2, 0) is 0 Å². The lowest BCUT2D eigenvalue weighted by atomic mass is 9.94. The molecule has 0 heterocycles. The van der Waals surface area contributed by atoms with E-state index in [2.05, 4.69) is 21.2 Å². The van der Waals surface area contributed by atoms with E-state index in [1.807, 2.05) is 13.8 Å². The zero-order valence-corrected chi connectivity index (χ0v) is 13.5. The first kappa shape index (κ1) is 15.8. The molecule has 0 atom stereocenters. The van der Waals surface area contributed by atoms with Crippen molar-refractivity contribution in [1.82, 2.24) is 5.32 Å². The molecule has 1 aromatic carbocycles. The van der Waals surface area contributed by atoms with Crippen molar-refractivity contribution in [2.45, 2.75) is 32.2 Å². The highest BCUT2D eigenvalue weighted by atomic mass is 79.9. The van der Waals surface area contributed by atoms with Crippen LogP contribution in [0.15, 0.2) is 22.7 Å². The first-order valence-corrected chi connectivity index (χ1v) is 7.52. The molecule has 5 heteroatoms. The van der Waals surface area contributed by atoms with Crippen molar-refractivity contribution in [3.05, 3.63) is 33.3 Å². The lowest BCUT2D eigenvalue weighted by Crippen LogP contribution is -2.49. The SMILES string of the molecule is CCC(CC)(CCl)NC(=O)c1ccc(Cl)c(Br)c1. The minimum absolute atomic E-state index is 0.128. The summed E-state index contributed by atoms with van der Waals surface area (Å²) in [5.41, 5.74) is 0.229. The standard InChI is InChI=1S/C13H16BrCl2NO/c1-3-13(4-2,8-15)17-12(18)9-5-6-11(16)10(14)7-9/h5-7H,3-4,8H2,1-2H3,(H,17,18). The first-order chi connectivity index (χ1) is 8.48. The number of benzene rings is 1. The van der Waals surface area contributed by atoms with E-state index in [4.69, 9.17) is 23.2 Å². The predicted molar refractivity (Wildman–Crippen MR) is 80.7 cm³/mol. The molecule has 18 heavy (non-hydrogen) atoms. The van der Waals surface area contributed by atoms with Gasteiger partial charge in [-0.1, -0.05) is 25.4 Å². The molecule has 0 aliphatic rings. The normalized spacial score (nSPS) is 11.4. The molecule has 0 aliphatic heterocycles. The van der Waals surface area contributed by atoms with Crippen molar-refractivity contribution in [2.24, 2.45) is 0 Å². The molecule has 0 bridgehead atoms. The van der Waals surface area contributed by atoms with Gasteiger partial charge in [-0.3, -0.25) is 4.79 Å². The predicted octanol–water partition coefficient (Wildman–Crippen LogP) is 4.63. The summed E-state index contributed by atoms with van der Waals surface area (Å²) < 4.78 is 0.710. The molecule has 1 N–H and O–H groups in total. The van der Waals surface area contributed by atoms with Crippen LogP contribution in [0, 0.1) is 0 Å². The van der Waals surface area contributed by atoms with Crippen LogP contribution in [0.5, 0.6) is 0 Å². The third-order valence-corrected chi connectivity index (χ3v) is 4.90. The molecule has 1 aromatic rings. The molecule has 0 aliphatic carbocycles. The summed E-state index contributed by atoms with van der Waals surface area (Å²) in [6.07, 6.45) is 1.60. The Kier molecular flexibility index (Phi) is 5.96. The molecule has 1 amide bonds. The lowest BCUT2D eigenvalue weighted by Gasteiger charge is -2.30. The summed E-state index contributed by atoms with van der Waals surface area (Å²) >= 11 is 15.2. The number of hydrogen-bond donors (Lipinski definition) is 1. The third kappa shape index (κ3) is 3.62. The van der Waals surface area contributed by atoms with Gasteiger partial charge in [0.05, 0.1) is 10.6 Å². The van der Waals surface area contributed by atoms with E-state index in [1.54, 1.807) is 18.2 Å². The maximum atomic E-state index is 12.2. The van der Waals surface area contributed by atoms with Gasteiger partial charge in [0.15, 0.2) is 0 Å². The first-order valence-electron chi connectivity index (χ1n) is 5.81. The van der Waals surface area contributed by atoms with E-state index in [-0.39, 0.29) is 11.4 Å². The maximum Gasteiger partial charge on any atom is 0.251 e. The summed E-state index contributed by atoms with van der Waals surface area (Å²) in [5, 5.41) is 3.59. The van der Waals surface area contributed by atoms with Crippen LogP contribution in [0.25, 0.3) is 0 Å². The molecular weight excluding hydrogens is 337 g/mol. The smallest absolute Gasteiger partial charge is 0.251 e. The average Bonchev–Trinajstić information content (AvgIpc) is 2.39. The second-order valence-electron chi connectivity index (χ2n) is 4.20. The van der Waals surface area contributed by atoms with Crippen LogP contribution in [0.3, 0.4) is 0 Å². The largest absolute Gasteiger partial charge is 0.345 e. The second kappa shape index (κ2) is 6.78. The highest BCUT2D eigenvalue weighted by Crippen LogP contribution is 2.24. The number of carbonyl (C=O) groups excluding carboxylic acids is 1. The van der Waals surface area contributed by atoms with E-state index in [0.717, 1.165) is 12.8 Å². The summed E-state index contributed by atoms with van der Waals surface area (Å²) in [6, 6.07) is 5.11. The lowest BCUT2D eigenvalue weighted by molar-refractivity contribution is 0.0902. The van der Waals surface area contributed by atoms with E-state index in [1.165, 1.54) is 0 Å². The van der Waals surface area contributed by atoms with Crippen molar-refractivity contribution in [3.63, 3.8) is 0 Å². The van der Waals surface area contributed by atoms with Gasteiger partial charge in [-0.2, -0.15) is 0 Å². The van der Waals surface area contributed by atoms with Gasteiger partial charge in [-0.25, -0.2) is 0 Å². The van der Waals surface area contributed by atoms with E-state index in [9.17, 15) is 4.79 Å². The van der Waals surface area contributed by atoms with Crippen molar-refractivity contribution in [1.29, 1.82) is 0 Å². The molecule has 0 fully saturated rings. The molecule has 100 valence electrons. The van der Waals surface area contributed by atoms with Crippen LogP contribution in [0.2, 0.25) is 5.02 Å². The number of amides is 1. The van der Waals surface area contributed by atoms with Crippen molar-refractivity contribution in [2.75, 3.05) is 5.88 Å². The van der Waals surface area contributed by atoms with Gasteiger partial charge in [-0.15, -0.1) is 11.6 Å². The van der Waals surface area contributed by atoms with Gasteiger partial charge in [-0.05, 0) is 47.0 Å². The Balaban J connectivity index is 2.90. The molecule has 0 saturated heterocycles. The highest BCUT2D eigenvalue weighted by molar-refractivity contribution is 9.10. The van der Waals surface area contributed by atoms with Crippen LogP contribution < -0.4 is 5.32 Å². The van der Waals surface area contributed by atoms with Crippen molar-refractivity contribution >= 4 is 45.0 Å². The molecule has 0 radical (unpaired) electrons. The van der Waals surface area contributed by atoms with Crippen LogP contribution in [0.1, 0.15) is 37.0 Å². The molecular formula is C13H16BrCl2NO. The molecule has 0 unspecified atom stereocenters. The van der Waals surface area contributed by atoms with E-state index in [0.29, 0.717) is 20.9 Å². The molecule has 0 aromatic heterocycles. The van der Waals surface area contributed by atoms with Crippen molar-refractivity contribution in [3.8, 4) is 0 Å². The monoisotopic (exact) mass is 351 g/mol. The van der Waals surface area contributed by atoms with Crippen LogP contribution in [0.4, 0.5) is 0 Å². The fourth-order valence-corrected chi connectivity index (χ4v) is 2.54. The summed E-state index contributed by atoms with van der Waals surface area (Å²) in [4.78, 5) is 12.2. The maximum absolute atomic E-state index is 12.2. The summed E-state index contributed by atoms with van der Waals surface area (Å²) in [5.74, 6) is 0.275. The minimum atomic E-state index is -0.343. The number of rotatable bonds is 5. The third-order valence-electron chi connectivity index (χ3n) is 3.17. The fraction of sp³-hybridized carbons (Fsp3) is 0.462. The Morgan fingerprint density at radius 3 is 2.44 bits per heavy atom. The van der Waals surface area contributed by atoms with Crippen molar-refractivity contribution < 1.29 is 4.79 Å². The highest BCUT2D eigenvalue weighted by Gasteiger charge is 2.27. The van der Waals surface area contributed by atoms with E-state index < -0.39 is 0 Å². The van der Waals surface area contributed by atoms with Gasteiger partial charge in [0.2, 0.25) is 0 Å². The van der Waals surface area contributed by atoms with Gasteiger partial charge in [0.1, 0.15) is 0 Å². The van der Waals surface area contributed by atoms with Crippen LogP contribution in [-0.4, -0.2) is 17.3 Å².